The van der Waals surface area contributed by atoms with Gasteiger partial charge in [0, 0.05) is 43.4 Å². The standard InChI is InChI=1S/C28H38N4O2/c1-22-21-31(24-13-15-27(16-14-24)34-26-7-3-2-4-8-26)28(33)32(22)25-11-9-23(10-12-25)29-17-20-30-18-5-6-19-30/h2-4,7-8,13-16,22-23,25,29H,5-6,9-12,17-21H2,1H3. The van der Waals surface area contributed by atoms with Crippen LogP contribution in [0.15, 0.2) is 54.6 Å². The van der Waals surface area contributed by atoms with Crippen LogP contribution in [0.3, 0.4) is 0 Å². The summed E-state index contributed by atoms with van der Waals surface area (Å²) in [6.45, 7) is 7.72. The summed E-state index contributed by atoms with van der Waals surface area (Å²) in [6.07, 6.45) is 7.22. The first kappa shape index (κ1) is 23.2. The molecule has 34 heavy (non-hydrogen) atoms. The van der Waals surface area contributed by atoms with E-state index in [0.717, 1.165) is 56.0 Å². The lowest BCUT2D eigenvalue weighted by atomic mass is 9.90. The molecule has 2 aromatic carbocycles. The Bertz CT molecular complexity index is 921. The second-order valence-electron chi connectivity index (χ2n) is 10.1. The number of carbonyl (C=O) groups excluding carboxylic acids is 1. The van der Waals surface area contributed by atoms with Crippen molar-refractivity contribution in [2.24, 2.45) is 0 Å². The van der Waals surface area contributed by atoms with Gasteiger partial charge in [-0.3, -0.25) is 4.90 Å². The zero-order valence-corrected chi connectivity index (χ0v) is 20.4. The minimum atomic E-state index is 0.148. The van der Waals surface area contributed by atoms with Crippen LogP contribution in [0.25, 0.3) is 0 Å². The van der Waals surface area contributed by atoms with Crippen molar-refractivity contribution in [3.05, 3.63) is 54.6 Å². The number of amides is 2. The van der Waals surface area contributed by atoms with Gasteiger partial charge in [0.25, 0.3) is 0 Å². The topological polar surface area (TPSA) is 48.1 Å². The zero-order chi connectivity index (χ0) is 23.3. The van der Waals surface area contributed by atoms with E-state index >= 15 is 0 Å². The Morgan fingerprint density at radius 3 is 2.29 bits per heavy atom. The summed E-state index contributed by atoms with van der Waals surface area (Å²) in [5.41, 5.74) is 0.942. The third-order valence-corrected chi connectivity index (χ3v) is 7.65. The fourth-order valence-corrected chi connectivity index (χ4v) is 5.80. The van der Waals surface area contributed by atoms with Crippen molar-refractivity contribution in [2.45, 2.75) is 63.6 Å². The Morgan fingerprint density at radius 1 is 0.912 bits per heavy atom. The molecule has 0 aromatic heterocycles. The highest BCUT2D eigenvalue weighted by atomic mass is 16.5. The van der Waals surface area contributed by atoms with Crippen molar-refractivity contribution >= 4 is 11.7 Å². The number of nitrogens with one attached hydrogen (secondary N) is 1. The van der Waals surface area contributed by atoms with Gasteiger partial charge in [-0.1, -0.05) is 18.2 Å². The van der Waals surface area contributed by atoms with E-state index in [1.54, 1.807) is 0 Å². The molecular weight excluding hydrogens is 424 g/mol. The number of ether oxygens (including phenoxy) is 1. The van der Waals surface area contributed by atoms with Gasteiger partial charge < -0.3 is 19.9 Å². The molecule has 6 heteroatoms. The van der Waals surface area contributed by atoms with Crippen LogP contribution in [0, 0.1) is 0 Å². The third kappa shape index (κ3) is 5.39. The van der Waals surface area contributed by atoms with E-state index in [0.29, 0.717) is 12.1 Å². The van der Waals surface area contributed by atoms with Gasteiger partial charge in [-0.25, -0.2) is 4.79 Å². The van der Waals surface area contributed by atoms with Gasteiger partial charge in [-0.15, -0.1) is 0 Å². The maximum Gasteiger partial charge on any atom is 0.325 e. The zero-order valence-electron chi connectivity index (χ0n) is 20.4. The Kier molecular flexibility index (Phi) is 7.36. The van der Waals surface area contributed by atoms with E-state index in [4.69, 9.17) is 4.74 Å². The molecular formula is C28H38N4O2. The highest BCUT2D eigenvalue weighted by Gasteiger charge is 2.40. The minimum absolute atomic E-state index is 0.148. The van der Waals surface area contributed by atoms with E-state index < -0.39 is 0 Å². The van der Waals surface area contributed by atoms with Crippen LogP contribution in [0.2, 0.25) is 0 Å². The molecule has 1 saturated carbocycles. The predicted octanol–water partition coefficient (Wildman–Crippen LogP) is 5.11. The number of para-hydroxylation sites is 1. The maximum atomic E-state index is 13.4. The van der Waals surface area contributed by atoms with Gasteiger partial charge in [-0.05, 0) is 94.9 Å². The van der Waals surface area contributed by atoms with Crippen LogP contribution in [0.1, 0.15) is 45.4 Å². The lowest BCUT2D eigenvalue weighted by Crippen LogP contribution is -2.47. The number of benzene rings is 2. The van der Waals surface area contributed by atoms with Gasteiger partial charge in [0.15, 0.2) is 0 Å². The number of anilines is 1. The van der Waals surface area contributed by atoms with E-state index in [9.17, 15) is 4.79 Å². The fraction of sp³-hybridized carbons (Fsp3) is 0.536. The molecule has 0 spiro atoms. The Morgan fingerprint density at radius 2 is 1.59 bits per heavy atom. The number of likely N-dealkylation sites (tertiary alicyclic amines) is 1. The lowest BCUT2D eigenvalue weighted by molar-refractivity contribution is 0.149. The predicted molar refractivity (Wildman–Crippen MR) is 137 cm³/mol. The monoisotopic (exact) mass is 462 g/mol. The van der Waals surface area contributed by atoms with Crippen LogP contribution < -0.4 is 15.0 Å². The SMILES string of the molecule is CC1CN(c2ccc(Oc3ccccc3)cc2)C(=O)N1C1CCC(NCCN2CCCC2)CC1. The summed E-state index contributed by atoms with van der Waals surface area (Å²) in [5.74, 6) is 1.59. The molecule has 0 radical (unpaired) electrons. The summed E-state index contributed by atoms with van der Waals surface area (Å²) < 4.78 is 5.90. The first-order chi connectivity index (χ1) is 16.7. The molecule has 1 N–H and O–H groups in total. The lowest BCUT2D eigenvalue weighted by Gasteiger charge is -2.36. The molecule has 1 unspecified atom stereocenters. The summed E-state index contributed by atoms with van der Waals surface area (Å²) in [4.78, 5) is 20.0. The molecule has 6 nitrogen and oxygen atoms in total. The molecule has 2 saturated heterocycles. The van der Waals surface area contributed by atoms with Crippen LogP contribution in [0.4, 0.5) is 10.5 Å². The average molecular weight is 463 g/mol. The number of hydrogen-bond donors (Lipinski definition) is 1. The van der Waals surface area contributed by atoms with Crippen molar-refractivity contribution in [3.63, 3.8) is 0 Å². The number of rotatable bonds is 8. The molecule has 0 bridgehead atoms. The molecule has 1 atom stereocenters. The van der Waals surface area contributed by atoms with Gasteiger partial charge >= 0.3 is 6.03 Å². The van der Waals surface area contributed by atoms with Gasteiger partial charge in [0.1, 0.15) is 11.5 Å². The molecule has 2 aliphatic heterocycles. The molecule has 3 fully saturated rings. The first-order valence-corrected chi connectivity index (χ1v) is 13.1. The summed E-state index contributed by atoms with van der Waals surface area (Å²) in [7, 11) is 0. The van der Waals surface area contributed by atoms with Crippen LogP contribution in [0.5, 0.6) is 11.5 Å². The number of urea groups is 1. The summed E-state index contributed by atoms with van der Waals surface area (Å²) >= 11 is 0. The second kappa shape index (κ2) is 10.8. The van der Waals surface area contributed by atoms with Gasteiger partial charge in [0.05, 0.1) is 0 Å². The molecule has 3 aliphatic rings. The summed E-state index contributed by atoms with van der Waals surface area (Å²) in [6, 6.07) is 19.0. The highest BCUT2D eigenvalue weighted by Crippen LogP contribution is 2.32. The molecule has 2 amide bonds. The maximum absolute atomic E-state index is 13.4. The number of carbonyl (C=O) groups is 1. The second-order valence-corrected chi connectivity index (χ2v) is 10.1. The van der Waals surface area contributed by atoms with Crippen molar-refractivity contribution < 1.29 is 9.53 Å². The largest absolute Gasteiger partial charge is 0.457 e. The van der Waals surface area contributed by atoms with Crippen molar-refractivity contribution in [3.8, 4) is 11.5 Å². The van der Waals surface area contributed by atoms with E-state index in [2.05, 4.69) is 22.0 Å². The van der Waals surface area contributed by atoms with Gasteiger partial charge in [-0.2, -0.15) is 0 Å². The smallest absolute Gasteiger partial charge is 0.325 e. The molecule has 182 valence electrons. The van der Waals surface area contributed by atoms with E-state index in [-0.39, 0.29) is 12.1 Å². The molecule has 2 heterocycles. The Labute approximate surface area is 203 Å². The number of hydrogen-bond acceptors (Lipinski definition) is 4. The fourth-order valence-electron chi connectivity index (χ4n) is 5.80. The first-order valence-electron chi connectivity index (χ1n) is 13.1. The highest BCUT2D eigenvalue weighted by molar-refractivity contribution is 5.94. The van der Waals surface area contributed by atoms with Crippen molar-refractivity contribution in [1.82, 2.24) is 15.1 Å². The van der Waals surface area contributed by atoms with E-state index in [1.165, 1.54) is 32.5 Å². The molecule has 1 aliphatic carbocycles. The molecule has 5 rings (SSSR count). The van der Waals surface area contributed by atoms with Crippen molar-refractivity contribution in [1.29, 1.82) is 0 Å². The van der Waals surface area contributed by atoms with Crippen LogP contribution in [-0.2, 0) is 0 Å². The Balaban J connectivity index is 1.12. The van der Waals surface area contributed by atoms with Gasteiger partial charge in [0.2, 0.25) is 0 Å². The van der Waals surface area contributed by atoms with Crippen LogP contribution >= 0.6 is 0 Å². The number of nitrogens with zero attached hydrogens (tertiary/aromatic N) is 3. The van der Waals surface area contributed by atoms with Crippen molar-refractivity contribution in [2.75, 3.05) is 37.6 Å². The van der Waals surface area contributed by atoms with Crippen LogP contribution in [-0.4, -0.2) is 66.7 Å². The third-order valence-electron chi connectivity index (χ3n) is 7.65. The Hall–Kier alpha value is -2.57. The normalized spacial score (nSPS) is 25.8. The van der Waals surface area contributed by atoms with E-state index in [1.807, 2.05) is 59.5 Å². The minimum Gasteiger partial charge on any atom is -0.457 e. The average Bonchev–Trinajstić information content (AvgIpc) is 3.48. The summed E-state index contributed by atoms with van der Waals surface area (Å²) in [5, 5.41) is 3.77. The quantitative estimate of drug-likeness (QED) is 0.593. The molecule has 2 aromatic rings.